The molecule has 3 N–H and O–H groups in total. The van der Waals surface area contributed by atoms with E-state index in [4.69, 9.17) is 20.1 Å². The first-order valence-corrected chi connectivity index (χ1v) is 10.4. The minimum atomic E-state index is -0.280. The first-order valence-electron chi connectivity index (χ1n) is 9.46. The van der Waals surface area contributed by atoms with Crippen molar-refractivity contribution >= 4 is 17.7 Å². The number of hydrogen-bond donors (Lipinski definition) is 2. The standard InChI is InChI=1S/C21H25N5O4S/c1-13(16-11-14(28-2)9-10-18(16)30-4)23-19(27)12-31-21-25-24-20(26(21)22)15-7-5-6-8-17(15)29-3/h5-11,13H,12,22H2,1-4H3,(H,23,27). The maximum atomic E-state index is 12.5. The van der Waals surface area contributed by atoms with Gasteiger partial charge in [-0.1, -0.05) is 23.9 Å². The van der Waals surface area contributed by atoms with Gasteiger partial charge in [-0.15, -0.1) is 10.2 Å². The van der Waals surface area contributed by atoms with Crippen LogP contribution in [-0.2, 0) is 4.79 Å². The van der Waals surface area contributed by atoms with Crippen LogP contribution in [0, 0.1) is 0 Å². The van der Waals surface area contributed by atoms with Crippen LogP contribution < -0.4 is 25.4 Å². The summed E-state index contributed by atoms with van der Waals surface area (Å²) >= 11 is 1.19. The second kappa shape index (κ2) is 10.1. The van der Waals surface area contributed by atoms with Crippen LogP contribution in [0.4, 0.5) is 0 Å². The van der Waals surface area contributed by atoms with Crippen molar-refractivity contribution in [2.24, 2.45) is 0 Å². The minimum absolute atomic E-state index is 0.123. The summed E-state index contributed by atoms with van der Waals surface area (Å²) in [5, 5.41) is 11.6. The summed E-state index contributed by atoms with van der Waals surface area (Å²) in [6, 6.07) is 12.6. The predicted octanol–water partition coefficient (Wildman–Crippen LogP) is 2.65. The molecule has 0 radical (unpaired) electrons. The molecule has 0 fully saturated rings. The summed E-state index contributed by atoms with van der Waals surface area (Å²) in [6.07, 6.45) is 0. The number of hydrogen-bond acceptors (Lipinski definition) is 8. The number of nitrogens with zero attached hydrogens (tertiary/aromatic N) is 3. The second-order valence-corrected chi connectivity index (χ2v) is 7.50. The fourth-order valence-corrected chi connectivity index (χ4v) is 3.72. The van der Waals surface area contributed by atoms with Crippen molar-refractivity contribution in [1.29, 1.82) is 0 Å². The van der Waals surface area contributed by atoms with Gasteiger partial charge < -0.3 is 25.4 Å². The van der Waals surface area contributed by atoms with Gasteiger partial charge in [-0.05, 0) is 37.3 Å². The van der Waals surface area contributed by atoms with Crippen LogP contribution in [0.1, 0.15) is 18.5 Å². The van der Waals surface area contributed by atoms with Gasteiger partial charge >= 0.3 is 0 Å². The lowest BCUT2D eigenvalue weighted by atomic mass is 10.1. The number of aromatic nitrogens is 3. The molecule has 0 saturated heterocycles. The molecule has 3 rings (SSSR count). The first kappa shape index (κ1) is 22.3. The van der Waals surface area contributed by atoms with Crippen LogP contribution in [0.3, 0.4) is 0 Å². The van der Waals surface area contributed by atoms with Crippen molar-refractivity contribution in [3.05, 3.63) is 48.0 Å². The van der Waals surface area contributed by atoms with Crippen molar-refractivity contribution in [2.75, 3.05) is 32.9 Å². The molecule has 0 aliphatic carbocycles. The molecule has 1 unspecified atom stereocenters. The molecule has 1 aromatic heterocycles. The highest BCUT2D eigenvalue weighted by molar-refractivity contribution is 7.99. The Kier molecular flexibility index (Phi) is 7.24. The molecule has 1 amide bonds. The fraction of sp³-hybridized carbons (Fsp3) is 0.286. The lowest BCUT2D eigenvalue weighted by Crippen LogP contribution is -2.28. The number of para-hydroxylation sites is 1. The Hall–Kier alpha value is -3.40. The van der Waals surface area contributed by atoms with Crippen LogP contribution in [0.5, 0.6) is 17.2 Å². The molecule has 1 atom stereocenters. The molecule has 0 aliphatic rings. The highest BCUT2D eigenvalue weighted by Crippen LogP contribution is 2.30. The topological polar surface area (TPSA) is 114 Å². The Morgan fingerprint density at radius 2 is 1.84 bits per heavy atom. The van der Waals surface area contributed by atoms with E-state index in [-0.39, 0.29) is 17.7 Å². The number of amides is 1. The van der Waals surface area contributed by atoms with Gasteiger partial charge in [0.1, 0.15) is 17.2 Å². The molecular weight excluding hydrogens is 418 g/mol. The number of benzene rings is 2. The fourth-order valence-electron chi connectivity index (χ4n) is 3.06. The van der Waals surface area contributed by atoms with Gasteiger partial charge in [0.15, 0.2) is 5.82 Å². The highest BCUT2D eigenvalue weighted by atomic mass is 32.2. The SMILES string of the molecule is COc1ccc(OC)c(C(C)NC(=O)CSc2nnc(-c3ccccc3OC)n2N)c1. The number of nitrogens with one attached hydrogen (secondary N) is 1. The zero-order valence-electron chi connectivity index (χ0n) is 17.8. The summed E-state index contributed by atoms with van der Waals surface area (Å²) in [5.41, 5.74) is 1.54. The van der Waals surface area contributed by atoms with E-state index in [9.17, 15) is 4.79 Å². The van der Waals surface area contributed by atoms with Crippen molar-refractivity contribution in [2.45, 2.75) is 18.1 Å². The largest absolute Gasteiger partial charge is 0.497 e. The molecule has 0 saturated carbocycles. The van der Waals surface area contributed by atoms with E-state index in [2.05, 4.69) is 15.5 Å². The zero-order chi connectivity index (χ0) is 22.4. The third-order valence-electron chi connectivity index (χ3n) is 4.63. The summed E-state index contributed by atoms with van der Waals surface area (Å²) in [4.78, 5) is 12.5. The second-order valence-electron chi connectivity index (χ2n) is 6.56. The minimum Gasteiger partial charge on any atom is -0.497 e. The molecular formula is C21H25N5O4S. The van der Waals surface area contributed by atoms with Crippen molar-refractivity contribution in [1.82, 2.24) is 20.2 Å². The van der Waals surface area contributed by atoms with E-state index in [1.165, 1.54) is 16.4 Å². The maximum absolute atomic E-state index is 12.5. The molecule has 0 aliphatic heterocycles. The van der Waals surface area contributed by atoms with Crippen LogP contribution in [0.2, 0.25) is 0 Å². The number of carbonyl (C=O) groups excluding carboxylic acids is 1. The molecule has 9 nitrogen and oxygen atoms in total. The third kappa shape index (κ3) is 5.02. The van der Waals surface area contributed by atoms with E-state index >= 15 is 0 Å². The average molecular weight is 444 g/mol. The van der Waals surface area contributed by atoms with Crippen LogP contribution in [-0.4, -0.2) is 47.9 Å². The van der Waals surface area contributed by atoms with Gasteiger partial charge in [-0.2, -0.15) is 0 Å². The van der Waals surface area contributed by atoms with E-state index in [0.29, 0.717) is 28.2 Å². The van der Waals surface area contributed by atoms with Gasteiger partial charge in [0.2, 0.25) is 11.1 Å². The lowest BCUT2D eigenvalue weighted by Gasteiger charge is -2.18. The monoisotopic (exact) mass is 443 g/mol. The lowest BCUT2D eigenvalue weighted by molar-refractivity contribution is -0.119. The van der Waals surface area contributed by atoms with Crippen molar-refractivity contribution < 1.29 is 19.0 Å². The van der Waals surface area contributed by atoms with Gasteiger partial charge in [-0.25, -0.2) is 4.68 Å². The van der Waals surface area contributed by atoms with Crippen molar-refractivity contribution in [3.63, 3.8) is 0 Å². The number of carbonyl (C=O) groups is 1. The van der Waals surface area contributed by atoms with E-state index in [0.717, 1.165) is 11.1 Å². The Balaban J connectivity index is 1.66. The molecule has 3 aromatic rings. The molecule has 31 heavy (non-hydrogen) atoms. The Morgan fingerprint density at radius 1 is 1.10 bits per heavy atom. The third-order valence-corrected chi connectivity index (χ3v) is 5.57. The molecule has 1 heterocycles. The van der Waals surface area contributed by atoms with Gasteiger partial charge in [0.25, 0.3) is 0 Å². The number of rotatable bonds is 9. The van der Waals surface area contributed by atoms with E-state index in [1.807, 2.05) is 43.3 Å². The number of nitrogen functional groups attached to an aromatic ring is 1. The normalized spacial score (nSPS) is 11.6. The predicted molar refractivity (Wildman–Crippen MR) is 119 cm³/mol. The molecule has 2 aromatic carbocycles. The maximum Gasteiger partial charge on any atom is 0.230 e. The first-order chi connectivity index (χ1) is 15.0. The summed E-state index contributed by atoms with van der Waals surface area (Å²) in [5.74, 6) is 8.55. The van der Waals surface area contributed by atoms with Gasteiger partial charge in [0.05, 0.1) is 38.7 Å². The van der Waals surface area contributed by atoms with E-state index < -0.39 is 0 Å². The number of nitrogens with two attached hydrogens (primary N) is 1. The summed E-state index contributed by atoms with van der Waals surface area (Å²) in [6.45, 7) is 1.88. The van der Waals surface area contributed by atoms with Gasteiger partial charge in [-0.3, -0.25) is 4.79 Å². The quantitative estimate of drug-likeness (QED) is 0.383. The molecule has 0 bridgehead atoms. The zero-order valence-corrected chi connectivity index (χ0v) is 18.6. The number of ether oxygens (including phenoxy) is 3. The Labute approximate surface area is 184 Å². The molecule has 164 valence electrons. The van der Waals surface area contributed by atoms with Crippen LogP contribution in [0.25, 0.3) is 11.4 Å². The molecule has 0 spiro atoms. The summed E-state index contributed by atoms with van der Waals surface area (Å²) in [7, 11) is 4.76. The summed E-state index contributed by atoms with van der Waals surface area (Å²) < 4.78 is 17.4. The average Bonchev–Trinajstić information content (AvgIpc) is 3.17. The van der Waals surface area contributed by atoms with Gasteiger partial charge in [0, 0.05) is 5.56 Å². The Bertz CT molecular complexity index is 1060. The smallest absolute Gasteiger partial charge is 0.230 e. The number of methoxy groups -OCH3 is 3. The van der Waals surface area contributed by atoms with E-state index in [1.54, 1.807) is 27.4 Å². The van der Waals surface area contributed by atoms with Crippen molar-refractivity contribution in [3.8, 4) is 28.6 Å². The molecule has 10 heteroatoms. The number of thioether (sulfide) groups is 1. The highest BCUT2D eigenvalue weighted by Gasteiger charge is 2.19. The van der Waals surface area contributed by atoms with Crippen LogP contribution >= 0.6 is 11.8 Å². The van der Waals surface area contributed by atoms with Crippen LogP contribution in [0.15, 0.2) is 47.6 Å². The Morgan fingerprint density at radius 3 is 2.55 bits per heavy atom.